The first kappa shape index (κ1) is 42.1. The van der Waals surface area contributed by atoms with Crippen LogP contribution in [0.3, 0.4) is 0 Å². The lowest BCUT2D eigenvalue weighted by molar-refractivity contribution is 0.0514. The molecule has 0 radical (unpaired) electrons. The van der Waals surface area contributed by atoms with Crippen LogP contribution < -0.4 is 25.2 Å². The van der Waals surface area contributed by atoms with Crippen LogP contribution in [0.5, 0.6) is 23.0 Å². The fraction of sp³-hybridized carbons (Fsp3) is 0.154. The summed E-state index contributed by atoms with van der Waals surface area (Å²) in [5.41, 5.74) is 0.976. The minimum absolute atomic E-state index is 0.0558. The quantitative estimate of drug-likeness (QED) is 0.147. The van der Waals surface area contributed by atoms with Crippen molar-refractivity contribution in [2.45, 2.75) is 26.2 Å². The molecule has 3 aliphatic heterocycles. The fourth-order valence-electron chi connectivity index (χ4n) is 9.29. The Labute approximate surface area is 383 Å². The zero-order chi connectivity index (χ0) is 47.0. The number of pyridine rings is 2. The van der Waals surface area contributed by atoms with Crippen LogP contribution in [0.4, 0.5) is 18.9 Å². The first-order chi connectivity index (χ1) is 33.0. The molecule has 1 unspecified atom stereocenters. The van der Waals surface area contributed by atoms with Gasteiger partial charge in [-0.1, -0.05) is 48.5 Å². The number of anilines is 1. The molecule has 9 aromatic rings. The summed E-state index contributed by atoms with van der Waals surface area (Å²) < 4.78 is 70.2. The molecular weight excluding hydrogens is 880 g/mol. The summed E-state index contributed by atoms with van der Waals surface area (Å²) in [5.74, 6) is -3.90. The van der Waals surface area contributed by atoms with Crippen LogP contribution in [0.1, 0.15) is 52.6 Å². The lowest BCUT2D eigenvalue weighted by Crippen LogP contribution is -2.25. The summed E-state index contributed by atoms with van der Waals surface area (Å²) in [5, 5.41) is 3.52. The molecule has 0 bridgehead atoms. The highest BCUT2D eigenvalue weighted by Gasteiger charge is 2.35. The molecule has 1 atom stereocenters. The number of benzene rings is 6. The van der Waals surface area contributed by atoms with Crippen molar-refractivity contribution < 1.29 is 41.7 Å². The molecule has 338 valence electrons. The minimum Gasteiger partial charge on any atom is -0.462 e. The van der Waals surface area contributed by atoms with E-state index in [0.29, 0.717) is 35.7 Å². The van der Waals surface area contributed by atoms with Crippen LogP contribution in [-0.2, 0) is 9.47 Å². The summed E-state index contributed by atoms with van der Waals surface area (Å²) in [7, 11) is 0. The van der Waals surface area contributed by atoms with Gasteiger partial charge >= 0.3 is 11.9 Å². The molecular formula is C52H36F3N5O8. The highest BCUT2D eigenvalue weighted by molar-refractivity contribution is 6.01. The van der Waals surface area contributed by atoms with Gasteiger partial charge in [0.15, 0.2) is 34.6 Å². The Morgan fingerprint density at radius 3 is 1.74 bits per heavy atom. The van der Waals surface area contributed by atoms with E-state index in [4.69, 9.17) is 18.9 Å². The Morgan fingerprint density at radius 2 is 1.21 bits per heavy atom. The molecule has 3 aliphatic rings. The molecule has 0 saturated carbocycles. The molecule has 1 fully saturated rings. The fourth-order valence-corrected chi connectivity index (χ4v) is 9.29. The van der Waals surface area contributed by atoms with E-state index in [1.807, 2.05) is 65.6 Å². The second kappa shape index (κ2) is 16.4. The third-order valence-electron chi connectivity index (χ3n) is 12.4. The van der Waals surface area contributed by atoms with Gasteiger partial charge in [-0.15, -0.1) is 0 Å². The highest BCUT2D eigenvalue weighted by atomic mass is 19.2. The maximum absolute atomic E-state index is 16.0. The Morgan fingerprint density at radius 1 is 0.691 bits per heavy atom. The minimum atomic E-state index is -1.23. The first-order valence-corrected chi connectivity index (χ1v) is 21.8. The summed E-state index contributed by atoms with van der Waals surface area (Å²) in [6.07, 6.45) is 8.56. The van der Waals surface area contributed by atoms with Gasteiger partial charge < -0.3 is 33.0 Å². The van der Waals surface area contributed by atoms with Crippen LogP contribution in [-0.4, -0.2) is 57.3 Å². The van der Waals surface area contributed by atoms with E-state index < -0.39 is 46.0 Å². The molecule has 6 aromatic carbocycles. The third kappa shape index (κ3) is 6.77. The Balaban J connectivity index is 0.000000156. The number of carbonyl (C=O) groups excluding carboxylic acids is 2. The van der Waals surface area contributed by atoms with Crippen LogP contribution >= 0.6 is 0 Å². The summed E-state index contributed by atoms with van der Waals surface area (Å²) in [6.45, 7) is 4.57. The van der Waals surface area contributed by atoms with Gasteiger partial charge in [0.05, 0.1) is 41.1 Å². The van der Waals surface area contributed by atoms with Crippen LogP contribution in [0.2, 0.25) is 0 Å². The second-order valence-corrected chi connectivity index (χ2v) is 16.4. The van der Waals surface area contributed by atoms with Gasteiger partial charge in [-0.2, -0.15) is 4.39 Å². The molecule has 6 heterocycles. The average molecular weight is 916 g/mol. The Bertz CT molecular complexity index is 3750. The molecule has 13 nitrogen and oxygen atoms in total. The van der Waals surface area contributed by atoms with Crippen molar-refractivity contribution in [1.82, 2.24) is 19.1 Å². The molecule has 3 aromatic heterocycles. The van der Waals surface area contributed by atoms with Crippen LogP contribution in [0.25, 0.3) is 54.7 Å². The third-order valence-corrected chi connectivity index (χ3v) is 12.4. The normalized spacial score (nSPS) is 14.2. The SMILES string of the molecule is CCOC(=O)c1cn2c3c(c(F)c(F)cc3c1=O)Oc1cc3ccccc3cc1-2.CCOC(=O)c1cn2c3c(c(N4CCC(c5cnccn5)C4)c(F)cc3c1=O)Oc1cc3ccccc3cc1-2. The smallest absolute Gasteiger partial charge is 0.343 e. The number of fused-ring (bicyclic) bond motifs is 6. The van der Waals surface area contributed by atoms with Crippen molar-refractivity contribution in [3.8, 4) is 34.4 Å². The van der Waals surface area contributed by atoms with Crippen molar-refractivity contribution in [2.24, 2.45) is 0 Å². The summed E-state index contributed by atoms with van der Waals surface area (Å²) in [6, 6.07) is 24.6. The number of carbonyl (C=O) groups is 2. The number of aromatic nitrogens is 4. The van der Waals surface area contributed by atoms with Gasteiger partial charge in [0.2, 0.25) is 16.7 Å². The number of hydrogen-bond acceptors (Lipinski definition) is 11. The maximum atomic E-state index is 16.0. The Hall–Kier alpha value is -8.53. The number of ether oxygens (including phenoxy) is 4. The predicted octanol–water partition coefficient (Wildman–Crippen LogP) is 10.1. The van der Waals surface area contributed by atoms with Crippen molar-refractivity contribution in [3.05, 3.63) is 171 Å². The standard InChI is InChI=1S/C30H23FN4O4.C22H13F2NO4/c1-2-38-30(37)21-16-35-24-11-17-5-3-4-6-18(17)12-25(24)39-29-26(35)20(28(21)36)13-22(31)27(29)34-10-7-19(15-34)23-14-32-8-9-33-23;1-2-28-22(27)14-10-25-16-7-11-5-3-4-6-12(11)8-17(16)29-21-18(24)15(23)9-13(19(21)25)20(14)26/h3-6,8-9,11-14,16,19H,2,7,10,15H2,1H3;3-10H,2H2,1H3. The monoisotopic (exact) mass is 915 g/mol. The van der Waals surface area contributed by atoms with Crippen molar-refractivity contribution >= 4 is 61.0 Å². The van der Waals surface area contributed by atoms with Gasteiger partial charge in [-0.25, -0.2) is 18.4 Å². The number of nitrogens with zero attached hydrogens (tertiary/aromatic N) is 5. The topological polar surface area (TPSA) is 144 Å². The number of hydrogen-bond donors (Lipinski definition) is 0. The zero-order valence-corrected chi connectivity index (χ0v) is 36.2. The lowest BCUT2D eigenvalue weighted by atomic mass is 10.0. The molecule has 0 spiro atoms. The van der Waals surface area contributed by atoms with Crippen molar-refractivity contribution in [2.75, 3.05) is 31.2 Å². The van der Waals surface area contributed by atoms with Gasteiger partial charge in [-0.05, 0) is 78.2 Å². The molecule has 16 heteroatoms. The molecule has 12 rings (SSSR count). The molecule has 0 aliphatic carbocycles. The summed E-state index contributed by atoms with van der Waals surface area (Å²) in [4.78, 5) is 61.9. The predicted molar refractivity (Wildman–Crippen MR) is 248 cm³/mol. The zero-order valence-electron chi connectivity index (χ0n) is 36.2. The maximum Gasteiger partial charge on any atom is 0.343 e. The van der Waals surface area contributed by atoms with Gasteiger partial charge in [0.25, 0.3) is 0 Å². The van der Waals surface area contributed by atoms with E-state index in [-0.39, 0.29) is 63.7 Å². The van der Waals surface area contributed by atoms with Crippen LogP contribution in [0.15, 0.2) is 126 Å². The molecule has 0 N–H and O–H groups in total. The van der Waals surface area contributed by atoms with E-state index in [2.05, 4.69) is 9.97 Å². The van der Waals surface area contributed by atoms with E-state index >= 15 is 4.39 Å². The Kier molecular flexibility index (Phi) is 10.2. The van der Waals surface area contributed by atoms with Gasteiger partial charge in [0.1, 0.15) is 27.8 Å². The molecule has 68 heavy (non-hydrogen) atoms. The molecule has 0 amide bonds. The highest BCUT2D eigenvalue weighted by Crippen LogP contribution is 2.49. The number of rotatable bonds is 6. The number of esters is 2. The van der Waals surface area contributed by atoms with Crippen molar-refractivity contribution in [1.29, 1.82) is 0 Å². The average Bonchev–Trinajstić information content (AvgIpc) is 3.84. The van der Waals surface area contributed by atoms with E-state index in [0.717, 1.165) is 39.7 Å². The van der Waals surface area contributed by atoms with Gasteiger partial charge in [-0.3, -0.25) is 19.6 Å². The van der Waals surface area contributed by atoms with E-state index in [1.165, 1.54) is 23.0 Å². The first-order valence-electron chi connectivity index (χ1n) is 21.8. The van der Waals surface area contributed by atoms with Crippen LogP contribution in [0, 0.1) is 17.5 Å². The lowest BCUT2D eigenvalue weighted by Gasteiger charge is -2.29. The molecule has 1 saturated heterocycles. The van der Waals surface area contributed by atoms with E-state index in [1.54, 1.807) is 49.1 Å². The second-order valence-electron chi connectivity index (χ2n) is 16.4. The van der Waals surface area contributed by atoms with E-state index in [9.17, 15) is 28.0 Å². The van der Waals surface area contributed by atoms with Crippen molar-refractivity contribution in [3.63, 3.8) is 0 Å². The summed E-state index contributed by atoms with van der Waals surface area (Å²) >= 11 is 0. The number of halogens is 3. The largest absolute Gasteiger partial charge is 0.462 e. The van der Waals surface area contributed by atoms with Gasteiger partial charge in [0, 0.05) is 50.0 Å².